The first-order valence-electron chi connectivity index (χ1n) is 5.13. The van der Waals surface area contributed by atoms with Crippen molar-refractivity contribution in [2.24, 2.45) is 5.73 Å². The van der Waals surface area contributed by atoms with Crippen molar-refractivity contribution in [3.05, 3.63) is 29.8 Å². The van der Waals surface area contributed by atoms with Crippen LogP contribution in [0.4, 0.5) is 0 Å². The zero-order valence-corrected chi connectivity index (χ0v) is 9.96. The third kappa shape index (κ3) is 1.55. The molecule has 2 rings (SSSR count). The number of sulfone groups is 1. The van der Waals surface area contributed by atoms with Crippen molar-refractivity contribution in [2.75, 3.05) is 19.4 Å². The summed E-state index contributed by atoms with van der Waals surface area (Å²) in [5, 5.41) is 0. The molecule has 1 heterocycles. The van der Waals surface area contributed by atoms with Gasteiger partial charge in [-0.05, 0) is 12.5 Å². The van der Waals surface area contributed by atoms with E-state index in [1.54, 1.807) is 25.3 Å². The summed E-state index contributed by atoms with van der Waals surface area (Å²) in [5.74, 6) is 0.0923. The lowest BCUT2D eigenvalue weighted by Gasteiger charge is -2.36. The molecule has 4 nitrogen and oxygen atoms in total. The zero-order valence-electron chi connectivity index (χ0n) is 9.14. The lowest BCUT2D eigenvalue weighted by atomic mass is 9.90. The first-order chi connectivity index (χ1) is 7.56. The number of benzene rings is 1. The number of methoxy groups -OCH3 is 1. The number of fused-ring (bicyclic) bond motifs is 1. The molecular weight excluding hydrogens is 226 g/mol. The number of rotatable bonds is 2. The van der Waals surface area contributed by atoms with Gasteiger partial charge in [0.05, 0.1) is 10.6 Å². The lowest BCUT2D eigenvalue weighted by molar-refractivity contribution is -0.0138. The van der Waals surface area contributed by atoms with Crippen molar-refractivity contribution in [3.63, 3.8) is 0 Å². The van der Waals surface area contributed by atoms with Gasteiger partial charge in [-0.3, -0.25) is 0 Å². The average molecular weight is 241 g/mol. The van der Waals surface area contributed by atoms with Crippen molar-refractivity contribution < 1.29 is 13.2 Å². The van der Waals surface area contributed by atoms with Gasteiger partial charge in [0.2, 0.25) is 0 Å². The highest BCUT2D eigenvalue weighted by molar-refractivity contribution is 7.91. The number of hydrogen-bond donors (Lipinski definition) is 1. The molecule has 0 amide bonds. The van der Waals surface area contributed by atoms with Gasteiger partial charge in [-0.1, -0.05) is 18.2 Å². The third-order valence-electron chi connectivity index (χ3n) is 3.21. The fraction of sp³-hybridized carbons (Fsp3) is 0.455. The van der Waals surface area contributed by atoms with Crippen LogP contribution in [0.1, 0.15) is 12.0 Å². The quantitative estimate of drug-likeness (QED) is 0.826. The Morgan fingerprint density at radius 2 is 2.12 bits per heavy atom. The molecule has 0 spiro atoms. The van der Waals surface area contributed by atoms with E-state index in [0.717, 1.165) is 0 Å². The smallest absolute Gasteiger partial charge is 0.178 e. The van der Waals surface area contributed by atoms with Gasteiger partial charge in [-0.2, -0.15) is 0 Å². The SMILES string of the molecule is COC1(CN)CCS(=O)(=O)c2ccccc21. The zero-order chi connectivity index (χ0) is 11.8. The van der Waals surface area contributed by atoms with Crippen LogP contribution in [-0.2, 0) is 20.2 Å². The van der Waals surface area contributed by atoms with Crippen LogP contribution in [0.3, 0.4) is 0 Å². The van der Waals surface area contributed by atoms with Gasteiger partial charge in [0.25, 0.3) is 0 Å². The first kappa shape index (κ1) is 11.6. The molecular formula is C11H15NO3S. The standard InChI is InChI=1S/C11H15NO3S/c1-15-11(8-12)6-7-16(13,14)10-5-3-2-4-9(10)11/h2-5H,6-8,12H2,1H3. The van der Waals surface area contributed by atoms with Crippen LogP contribution in [0.25, 0.3) is 0 Å². The molecule has 0 saturated heterocycles. The summed E-state index contributed by atoms with van der Waals surface area (Å²) in [6.07, 6.45) is 0.416. The van der Waals surface area contributed by atoms with Gasteiger partial charge in [0.15, 0.2) is 9.84 Å². The van der Waals surface area contributed by atoms with Gasteiger partial charge < -0.3 is 10.5 Å². The molecule has 0 bridgehead atoms. The second-order valence-electron chi connectivity index (χ2n) is 3.97. The largest absolute Gasteiger partial charge is 0.372 e. The van der Waals surface area contributed by atoms with Crippen LogP contribution in [0, 0.1) is 0 Å². The van der Waals surface area contributed by atoms with E-state index < -0.39 is 15.4 Å². The molecule has 5 heteroatoms. The molecule has 16 heavy (non-hydrogen) atoms. The minimum atomic E-state index is -3.17. The van der Waals surface area contributed by atoms with Crippen LogP contribution in [0.5, 0.6) is 0 Å². The maximum absolute atomic E-state index is 11.9. The monoisotopic (exact) mass is 241 g/mol. The fourth-order valence-electron chi connectivity index (χ4n) is 2.17. The predicted octanol–water partition coefficient (Wildman–Crippen LogP) is 0.664. The number of ether oxygens (including phenoxy) is 1. The molecule has 1 aliphatic heterocycles. The average Bonchev–Trinajstić information content (AvgIpc) is 2.31. The number of hydrogen-bond acceptors (Lipinski definition) is 4. The second kappa shape index (κ2) is 3.84. The molecule has 1 atom stereocenters. The highest BCUT2D eigenvalue weighted by Crippen LogP contribution is 2.38. The van der Waals surface area contributed by atoms with Crippen LogP contribution in [0.2, 0.25) is 0 Å². The molecule has 1 aromatic carbocycles. The summed E-state index contributed by atoms with van der Waals surface area (Å²) >= 11 is 0. The van der Waals surface area contributed by atoms with Crippen molar-refractivity contribution >= 4 is 9.84 Å². The molecule has 2 N–H and O–H groups in total. The van der Waals surface area contributed by atoms with Crippen LogP contribution >= 0.6 is 0 Å². The molecule has 1 aromatic rings. The van der Waals surface area contributed by atoms with Crippen LogP contribution < -0.4 is 5.73 Å². The Balaban J connectivity index is 2.68. The van der Waals surface area contributed by atoms with Crippen molar-refractivity contribution in [1.82, 2.24) is 0 Å². The summed E-state index contributed by atoms with van der Waals surface area (Å²) in [5.41, 5.74) is 5.77. The summed E-state index contributed by atoms with van der Waals surface area (Å²) < 4.78 is 29.3. The molecule has 0 aliphatic carbocycles. The second-order valence-corrected chi connectivity index (χ2v) is 6.05. The minimum Gasteiger partial charge on any atom is -0.372 e. The van der Waals surface area contributed by atoms with E-state index >= 15 is 0 Å². The molecule has 1 aliphatic rings. The van der Waals surface area contributed by atoms with Crippen molar-refractivity contribution in [2.45, 2.75) is 16.9 Å². The van der Waals surface area contributed by atoms with E-state index in [0.29, 0.717) is 16.9 Å². The van der Waals surface area contributed by atoms with Crippen LogP contribution in [0.15, 0.2) is 29.2 Å². The van der Waals surface area contributed by atoms with E-state index in [2.05, 4.69) is 0 Å². The normalized spacial score (nSPS) is 27.4. The van der Waals surface area contributed by atoms with Gasteiger partial charge >= 0.3 is 0 Å². The molecule has 1 unspecified atom stereocenters. The molecule has 0 radical (unpaired) electrons. The maximum atomic E-state index is 11.9. The van der Waals surface area contributed by atoms with E-state index in [4.69, 9.17) is 10.5 Å². The Morgan fingerprint density at radius 3 is 2.75 bits per heavy atom. The molecule has 0 aromatic heterocycles. The van der Waals surface area contributed by atoms with Crippen LogP contribution in [-0.4, -0.2) is 27.8 Å². The number of nitrogens with two attached hydrogens (primary N) is 1. The Labute approximate surface area is 95.3 Å². The van der Waals surface area contributed by atoms with E-state index in [9.17, 15) is 8.42 Å². The molecule has 88 valence electrons. The van der Waals surface area contributed by atoms with E-state index in [-0.39, 0.29) is 12.3 Å². The Kier molecular flexibility index (Phi) is 2.77. The topological polar surface area (TPSA) is 69.4 Å². The van der Waals surface area contributed by atoms with Crippen molar-refractivity contribution in [3.8, 4) is 0 Å². The fourth-order valence-corrected chi connectivity index (χ4v) is 3.86. The van der Waals surface area contributed by atoms with E-state index in [1.807, 2.05) is 6.07 Å². The summed E-state index contributed by atoms with van der Waals surface area (Å²) in [6.45, 7) is 0.288. The van der Waals surface area contributed by atoms with Gasteiger partial charge in [0.1, 0.15) is 5.60 Å². The van der Waals surface area contributed by atoms with Crippen molar-refractivity contribution in [1.29, 1.82) is 0 Å². The highest BCUT2D eigenvalue weighted by atomic mass is 32.2. The Hall–Kier alpha value is -0.910. The summed E-state index contributed by atoms with van der Waals surface area (Å²) in [7, 11) is -1.60. The first-order valence-corrected chi connectivity index (χ1v) is 6.78. The Morgan fingerprint density at radius 1 is 1.44 bits per heavy atom. The lowest BCUT2D eigenvalue weighted by Crippen LogP contribution is -2.43. The van der Waals surface area contributed by atoms with Gasteiger partial charge in [-0.25, -0.2) is 8.42 Å². The maximum Gasteiger partial charge on any atom is 0.178 e. The third-order valence-corrected chi connectivity index (χ3v) is 4.98. The summed E-state index contributed by atoms with van der Waals surface area (Å²) in [6, 6.07) is 6.93. The summed E-state index contributed by atoms with van der Waals surface area (Å²) in [4.78, 5) is 0.355. The highest BCUT2D eigenvalue weighted by Gasteiger charge is 2.41. The molecule has 0 saturated carbocycles. The Bertz CT molecular complexity index is 492. The minimum absolute atomic E-state index is 0.0923. The predicted molar refractivity (Wildman–Crippen MR) is 60.9 cm³/mol. The van der Waals surface area contributed by atoms with Gasteiger partial charge in [-0.15, -0.1) is 0 Å². The van der Waals surface area contributed by atoms with E-state index in [1.165, 1.54) is 0 Å². The van der Waals surface area contributed by atoms with Gasteiger partial charge in [0, 0.05) is 19.2 Å². The molecule has 0 fully saturated rings.